The van der Waals surface area contributed by atoms with E-state index in [0.29, 0.717) is 55.7 Å². The summed E-state index contributed by atoms with van der Waals surface area (Å²) in [4.78, 5) is 22.2. The van der Waals surface area contributed by atoms with Gasteiger partial charge in [-0.05, 0) is 98.9 Å². The normalized spacial score (nSPS) is 25.8. The molecule has 1 fully saturated rings. The summed E-state index contributed by atoms with van der Waals surface area (Å²) in [6.45, 7) is 9.04. The number of aromatic hydroxyl groups is 1. The van der Waals surface area contributed by atoms with Crippen LogP contribution in [0.2, 0.25) is 0 Å². The molecule has 268 valence electrons. The van der Waals surface area contributed by atoms with Gasteiger partial charge in [0.2, 0.25) is 5.79 Å². The molecule has 0 saturated heterocycles. The second kappa shape index (κ2) is 17.2. The summed E-state index contributed by atoms with van der Waals surface area (Å²) in [5, 5.41) is 44.4. The zero-order valence-electron chi connectivity index (χ0n) is 29.3. The van der Waals surface area contributed by atoms with Gasteiger partial charge < -0.3 is 34.5 Å². The second-order valence-corrected chi connectivity index (χ2v) is 13.4. The van der Waals surface area contributed by atoms with E-state index >= 15 is 0 Å². The van der Waals surface area contributed by atoms with E-state index in [1.165, 1.54) is 0 Å². The molecule has 50 heavy (non-hydrogen) atoms. The van der Waals surface area contributed by atoms with E-state index in [9.17, 15) is 25.4 Å². The molecule has 10 nitrogen and oxygen atoms in total. The minimum atomic E-state index is -1.36. The lowest BCUT2D eigenvalue weighted by molar-refractivity contribution is -0.254. The molecule has 1 heterocycles. The molecule has 5 rings (SSSR count). The smallest absolute Gasteiger partial charge is 0.254 e. The van der Waals surface area contributed by atoms with E-state index < -0.39 is 17.7 Å². The molecule has 0 unspecified atom stereocenters. The van der Waals surface area contributed by atoms with Crippen LogP contribution in [0.25, 0.3) is 0 Å². The molecule has 0 bridgehead atoms. The first-order valence-corrected chi connectivity index (χ1v) is 18.1. The molecule has 6 atom stereocenters. The Balaban J connectivity index is 1.77. The van der Waals surface area contributed by atoms with Crippen molar-refractivity contribution in [2.75, 3.05) is 33.0 Å². The van der Waals surface area contributed by atoms with Gasteiger partial charge >= 0.3 is 0 Å². The third-order valence-electron chi connectivity index (χ3n) is 10.3. The van der Waals surface area contributed by atoms with Crippen molar-refractivity contribution >= 4 is 11.6 Å². The Morgan fingerprint density at radius 2 is 1.86 bits per heavy atom. The van der Waals surface area contributed by atoms with Gasteiger partial charge in [0.05, 0.1) is 29.9 Å². The highest BCUT2D eigenvalue weighted by molar-refractivity contribution is 6.03. The van der Waals surface area contributed by atoms with Crippen LogP contribution in [-0.4, -0.2) is 76.6 Å². The highest BCUT2D eigenvalue weighted by atomic mass is 16.7. The van der Waals surface area contributed by atoms with Crippen LogP contribution in [-0.2, 0) is 9.57 Å². The average molecular weight is 686 g/mol. The number of carbonyl (C=O) groups is 1. The topological polar surface area (TPSA) is 145 Å². The van der Waals surface area contributed by atoms with Crippen molar-refractivity contribution in [3.63, 3.8) is 0 Å². The number of phenolic OH excluding ortho intramolecular Hbond substituents is 1. The van der Waals surface area contributed by atoms with Crippen LogP contribution in [0.3, 0.4) is 0 Å². The maximum atomic E-state index is 14.6. The first-order valence-electron chi connectivity index (χ1n) is 18.1. The minimum absolute atomic E-state index is 0.0751. The maximum absolute atomic E-state index is 14.6. The number of ether oxygens (including phenoxy) is 2. The number of unbranched alkanes of at least 4 members (excludes halogenated alkanes) is 2. The molecule has 2 aliphatic carbocycles. The van der Waals surface area contributed by atoms with Crippen molar-refractivity contribution in [3.05, 3.63) is 83.5 Å². The van der Waals surface area contributed by atoms with Crippen LogP contribution in [0, 0.1) is 29.1 Å². The van der Waals surface area contributed by atoms with Gasteiger partial charge in [0, 0.05) is 43.2 Å². The van der Waals surface area contributed by atoms with E-state index in [-0.39, 0.29) is 49.2 Å². The van der Waals surface area contributed by atoms with E-state index in [1.807, 2.05) is 18.7 Å². The monoisotopic (exact) mass is 685 g/mol. The number of allylic oxidation sites excluding steroid dienone is 1. The largest absolute Gasteiger partial charge is 0.508 e. The summed E-state index contributed by atoms with van der Waals surface area (Å²) < 4.78 is 14.0. The van der Waals surface area contributed by atoms with Gasteiger partial charge in [0.15, 0.2) is 0 Å². The molecule has 1 aliphatic heterocycles. The van der Waals surface area contributed by atoms with Crippen molar-refractivity contribution in [1.29, 1.82) is 5.26 Å². The summed E-state index contributed by atoms with van der Waals surface area (Å²) in [5.74, 6) is -1.29. The Labute approximate surface area is 295 Å². The number of hydrogen-bond donors (Lipinski definition) is 3. The first-order chi connectivity index (χ1) is 24.4. The SMILES string of the molecule is C=CCO[C@@]12Oc3ccc(O)cc3[C@H]3[C@H](CCCCO)[C@@H](CCCCO)C=C(C(=NOCC)C[C@@H]1N(CCC)C(=O)c1ccc(C#N)cc1)[C@H]32. The number of aliphatic hydroxyl groups excluding tert-OH is 2. The number of nitriles is 1. The van der Waals surface area contributed by atoms with Gasteiger partial charge in [0.25, 0.3) is 5.91 Å². The van der Waals surface area contributed by atoms with Crippen molar-refractivity contribution in [2.24, 2.45) is 22.9 Å². The molecular formula is C40H51N3O7. The molecule has 1 amide bonds. The van der Waals surface area contributed by atoms with Crippen molar-refractivity contribution in [3.8, 4) is 17.6 Å². The molecule has 3 aliphatic rings. The van der Waals surface area contributed by atoms with Gasteiger partial charge in [-0.15, -0.1) is 6.58 Å². The predicted octanol–water partition coefficient (Wildman–Crippen LogP) is 6.47. The summed E-state index contributed by atoms with van der Waals surface area (Å²) in [7, 11) is 0. The van der Waals surface area contributed by atoms with Gasteiger partial charge in [0.1, 0.15) is 24.1 Å². The molecule has 2 aromatic carbocycles. The van der Waals surface area contributed by atoms with Crippen LogP contribution in [0.5, 0.6) is 11.5 Å². The molecule has 0 aromatic heterocycles. The van der Waals surface area contributed by atoms with Gasteiger partial charge in [-0.3, -0.25) is 4.79 Å². The average Bonchev–Trinajstić information content (AvgIpc) is 3.13. The zero-order valence-corrected chi connectivity index (χ0v) is 29.3. The highest BCUT2D eigenvalue weighted by Gasteiger charge is 2.65. The molecular weight excluding hydrogens is 634 g/mol. The third kappa shape index (κ3) is 7.46. The number of phenols is 1. The standard InChI is InChI=1S/C40H51N3O7/c1-4-19-43(39(47)28-15-13-27(26-41)14-16-28)36-25-34(42-49-6-3)32-23-29(11-7-9-20-44)31(12-8-10-21-45)37-33-24-30(46)17-18-35(33)50-40(36,38(32)37)48-22-5-2/h5,13-18,23-24,29,31,36-38,44-46H,2,4,6-12,19-22,25H2,1,3H3/t29-,31+,36-,37+,38+,40+/m0/s1. The van der Waals surface area contributed by atoms with Gasteiger partial charge in [-0.1, -0.05) is 37.1 Å². The molecule has 3 N–H and O–H groups in total. The number of aliphatic hydroxyl groups is 2. The Kier molecular flexibility index (Phi) is 12.7. The zero-order chi connectivity index (χ0) is 35.7. The van der Waals surface area contributed by atoms with Crippen LogP contribution < -0.4 is 4.74 Å². The summed E-state index contributed by atoms with van der Waals surface area (Å²) >= 11 is 0. The molecule has 2 aromatic rings. The van der Waals surface area contributed by atoms with E-state index in [4.69, 9.17) is 19.5 Å². The van der Waals surface area contributed by atoms with Crippen LogP contribution in [0.1, 0.15) is 92.6 Å². The fraction of sp³-hybridized carbons (Fsp3) is 0.525. The Bertz CT molecular complexity index is 1580. The quantitative estimate of drug-likeness (QED) is 0.0977. The Hall–Kier alpha value is -4.17. The molecule has 0 radical (unpaired) electrons. The van der Waals surface area contributed by atoms with E-state index in [2.05, 4.69) is 18.7 Å². The Morgan fingerprint density at radius 1 is 1.12 bits per heavy atom. The lowest BCUT2D eigenvalue weighted by Gasteiger charge is -2.60. The number of carbonyl (C=O) groups excluding carboxylic acids is 1. The lowest BCUT2D eigenvalue weighted by atomic mass is 9.55. The van der Waals surface area contributed by atoms with Crippen LogP contribution in [0.4, 0.5) is 0 Å². The summed E-state index contributed by atoms with van der Waals surface area (Å²) in [6.07, 6.45) is 9.62. The molecule has 1 saturated carbocycles. The first kappa shape index (κ1) is 37.1. The maximum Gasteiger partial charge on any atom is 0.254 e. The van der Waals surface area contributed by atoms with Gasteiger partial charge in [-0.2, -0.15) is 5.26 Å². The summed E-state index contributed by atoms with van der Waals surface area (Å²) in [5.41, 5.74) is 3.47. The second-order valence-electron chi connectivity index (χ2n) is 13.4. The lowest BCUT2D eigenvalue weighted by Crippen LogP contribution is -2.70. The predicted molar refractivity (Wildman–Crippen MR) is 191 cm³/mol. The fourth-order valence-electron chi connectivity index (χ4n) is 8.29. The number of oxime groups is 1. The van der Waals surface area contributed by atoms with E-state index in [0.717, 1.165) is 42.5 Å². The summed E-state index contributed by atoms with van der Waals surface area (Å²) in [6, 6.07) is 13.3. The van der Waals surface area contributed by atoms with Crippen LogP contribution in [0.15, 0.2) is 71.9 Å². The molecule has 10 heteroatoms. The number of nitrogens with zero attached hydrogens (tertiary/aromatic N) is 3. The third-order valence-corrected chi connectivity index (χ3v) is 10.3. The van der Waals surface area contributed by atoms with Crippen molar-refractivity contribution in [1.82, 2.24) is 4.90 Å². The Morgan fingerprint density at radius 3 is 2.52 bits per heavy atom. The molecule has 0 spiro atoms. The number of hydrogen-bond acceptors (Lipinski definition) is 9. The minimum Gasteiger partial charge on any atom is -0.508 e. The number of benzene rings is 2. The van der Waals surface area contributed by atoms with Crippen LogP contribution >= 0.6 is 0 Å². The van der Waals surface area contributed by atoms with Crippen molar-refractivity contribution < 1.29 is 34.4 Å². The number of amides is 1. The number of fused-ring (bicyclic) bond motifs is 2. The van der Waals surface area contributed by atoms with E-state index in [1.54, 1.807) is 48.5 Å². The number of rotatable bonds is 17. The van der Waals surface area contributed by atoms with Crippen molar-refractivity contribution in [2.45, 2.75) is 83.0 Å². The highest BCUT2D eigenvalue weighted by Crippen LogP contribution is 2.61. The fourth-order valence-corrected chi connectivity index (χ4v) is 8.29. The van der Waals surface area contributed by atoms with Gasteiger partial charge in [-0.25, -0.2) is 0 Å².